The first-order chi connectivity index (χ1) is 8.45. The Morgan fingerprint density at radius 1 is 1.06 bits per heavy atom. The number of hydrogen-bond donors (Lipinski definition) is 0. The van der Waals surface area contributed by atoms with E-state index in [0.717, 1.165) is 6.42 Å². The summed E-state index contributed by atoms with van der Waals surface area (Å²) in [6, 6.07) is 0. The van der Waals surface area contributed by atoms with Crippen molar-refractivity contribution in [3.05, 3.63) is 47.4 Å². The van der Waals surface area contributed by atoms with Crippen LogP contribution in [-0.2, 0) is 0 Å². The van der Waals surface area contributed by atoms with Crippen molar-refractivity contribution in [2.24, 2.45) is 0 Å². The Morgan fingerprint density at radius 2 is 1.88 bits per heavy atom. The van der Waals surface area contributed by atoms with E-state index in [2.05, 4.69) is 54.3 Å². The summed E-state index contributed by atoms with van der Waals surface area (Å²) in [6.45, 7) is 0. The topological polar surface area (TPSA) is 0 Å². The highest BCUT2D eigenvalue weighted by Crippen LogP contribution is 2.24. The van der Waals surface area contributed by atoms with Crippen molar-refractivity contribution in [1.29, 1.82) is 0 Å². The average molecular weight is 264 g/mol. The van der Waals surface area contributed by atoms with E-state index in [1.165, 1.54) is 35.7 Å². The maximum atomic E-state index is 2.32. The minimum atomic E-state index is 0.651. The zero-order chi connectivity index (χ0) is 11.8. The highest BCUT2D eigenvalue weighted by Gasteiger charge is 2.03. The third-order valence-corrected chi connectivity index (χ3v) is 5.17. The predicted molar refractivity (Wildman–Crippen MR) is 82.7 cm³/mol. The predicted octanol–water partition coefficient (Wildman–Crippen LogP) is 4.96. The third kappa shape index (κ3) is 5.22. The standard InChI is InChI=1S/C15H20S2/c1(6-12-16-14-8-2-3-9-14)7-13-17-15-10-4-5-11-15/h2-4,8-11,14H,1,5-7,12-13H2. The molecule has 0 spiro atoms. The summed E-state index contributed by atoms with van der Waals surface area (Å²) in [5.74, 6) is 2.58. The van der Waals surface area contributed by atoms with Crippen LogP contribution >= 0.6 is 23.5 Å². The van der Waals surface area contributed by atoms with E-state index < -0.39 is 0 Å². The zero-order valence-electron chi connectivity index (χ0n) is 10.2. The van der Waals surface area contributed by atoms with Gasteiger partial charge >= 0.3 is 0 Å². The molecule has 2 heteroatoms. The van der Waals surface area contributed by atoms with Crippen LogP contribution < -0.4 is 0 Å². The molecule has 0 aromatic carbocycles. The van der Waals surface area contributed by atoms with Crippen molar-refractivity contribution in [3.63, 3.8) is 0 Å². The highest BCUT2D eigenvalue weighted by molar-refractivity contribution is 8.03. The minimum absolute atomic E-state index is 0.651. The Bertz CT molecular complexity index is 325. The Hall–Kier alpha value is -0.340. The number of hydrogen-bond acceptors (Lipinski definition) is 2. The van der Waals surface area contributed by atoms with Crippen LogP contribution in [0.4, 0.5) is 0 Å². The van der Waals surface area contributed by atoms with Gasteiger partial charge in [0, 0.05) is 10.2 Å². The van der Waals surface area contributed by atoms with Crippen LogP contribution in [-0.4, -0.2) is 16.8 Å². The second-order valence-electron chi connectivity index (χ2n) is 4.26. The molecule has 0 bridgehead atoms. The second kappa shape index (κ2) is 7.88. The number of allylic oxidation sites excluding steroid dienone is 5. The molecule has 0 amide bonds. The summed E-state index contributed by atoms with van der Waals surface area (Å²) < 4.78 is 0. The van der Waals surface area contributed by atoms with Gasteiger partial charge in [0.15, 0.2) is 0 Å². The van der Waals surface area contributed by atoms with Crippen LogP contribution in [0.15, 0.2) is 47.4 Å². The molecule has 0 aromatic heterocycles. The lowest BCUT2D eigenvalue weighted by Crippen LogP contribution is -1.92. The van der Waals surface area contributed by atoms with Gasteiger partial charge in [-0.1, -0.05) is 49.0 Å². The van der Waals surface area contributed by atoms with Gasteiger partial charge in [0.05, 0.1) is 0 Å². The summed E-state index contributed by atoms with van der Waals surface area (Å²) in [4.78, 5) is 1.47. The van der Waals surface area contributed by atoms with Crippen LogP contribution in [0, 0.1) is 0 Å². The van der Waals surface area contributed by atoms with Crippen LogP contribution in [0.1, 0.15) is 25.7 Å². The van der Waals surface area contributed by atoms with Crippen molar-refractivity contribution in [2.45, 2.75) is 30.9 Å². The lowest BCUT2D eigenvalue weighted by atomic mass is 10.3. The van der Waals surface area contributed by atoms with Crippen molar-refractivity contribution in [3.8, 4) is 0 Å². The molecule has 0 saturated heterocycles. The summed E-state index contributed by atoms with van der Waals surface area (Å²) in [5.41, 5.74) is 0. The van der Waals surface area contributed by atoms with E-state index in [9.17, 15) is 0 Å². The molecule has 0 aliphatic heterocycles. The summed E-state index contributed by atoms with van der Waals surface area (Å²) in [6.07, 6.45) is 20.9. The molecule has 2 aliphatic rings. The van der Waals surface area contributed by atoms with Crippen LogP contribution in [0.5, 0.6) is 0 Å². The molecule has 0 nitrogen and oxygen atoms in total. The van der Waals surface area contributed by atoms with Crippen molar-refractivity contribution in [2.75, 3.05) is 11.5 Å². The Kier molecular flexibility index (Phi) is 6.08. The summed E-state index contributed by atoms with van der Waals surface area (Å²) >= 11 is 4.08. The fourth-order valence-corrected chi connectivity index (χ4v) is 3.89. The maximum absolute atomic E-state index is 2.32. The molecule has 0 radical (unpaired) electrons. The fraction of sp³-hybridized carbons (Fsp3) is 0.467. The molecule has 0 N–H and O–H groups in total. The van der Waals surface area contributed by atoms with E-state index >= 15 is 0 Å². The third-order valence-electron chi connectivity index (χ3n) is 2.82. The Balaban J connectivity index is 1.40. The van der Waals surface area contributed by atoms with E-state index in [-0.39, 0.29) is 0 Å². The molecule has 2 rings (SSSR count). The van der Waals surface area contributed by atoms with E-state index in [0.29, 0.717) is 5.25 Å². The van der Waals surface area contributed by atoms with E-state index in [4.69, 9.17) is 0 Å². The minimum Gasteiger partial charge on any atom is -0.150 e. The average Bonchev–Trinajstić information content (AvgIpc) is 3.00. The first kappa shape index (κ1) is 13.1. The fourth-order valence-electron chi connectivity index (χ4n) is 1.86. The smallest absolute Gasteiger partial charge is 0.0413 e. The molecular weight excluding hydrogens is 244 g/mol. The van der Waals surface area contributed by atoms with Crippen molar-refractivity contribution < 1.29 is 0 Å². The van der Waals surface area contributed by atoms with Gasteiger partial charge in [-0.05, 0) is 30.8 Å². The lowest BCUT2D eigenvalue weighted by molar-refractivity contribution is 0.786. The second-order valence-corrected chi connectivity index (χ2v) is 6.71. The van der Waals surface area contributed by atoms with Crippen molar-refractivity contribution in [1.82, 2.24) is 0 Å². The van der Waals surface area contributed by atoms with Crippen LogP contribution in [0.25, 0.3) is 0 Å². The molecule has 0 unspecified atom stereocenters. The maximum Gasteiger partial charge on any atom is 0.0413 e. The van der Waals surface area contributed by atoms with Gasteiger partial charge in [-0.2, -0.15) is 11.8 Å². The molecule has 92 valence electrons. The molecule has 0 aromatic rings. The molecular formula is C15H20S2. The van der Waals surface area contributed by atoms with Gasteiger partial charge < -0.3 is 0 Å². The Morgan fingerprint density at radius 3 is 2.65 bits per heavy atom. The highest BCUT2D eigenvalue weighted by atomic mass is 32.2. The van der Waals surface area contributed by atoms with Gasteiger partial charge in [0.1, 0.15) is 0 Å². The van der Waals surface area contributed by atoms with Gasteiger partial charge in [-0.25, -0.2) is 0 Å². The Labute approximate surface area is 113 Å². The van der Waals surface area contributed by atoms with Crippen LogP contribution in [0.3, 0.4) is 0 Å². The molecule has 0 atom stereocenters. The monoisotopic (exact) mass is 264 g/mol. The quantitative estimate of drug-likeness (QED) is 0.568. The molecule has 2 aliphatic carbocycles. The molecule has 0 fully saturated rings. The first-order valence-corrected chi connectivity index (χ1v) is 8.45. The zero-order valence-corrected chi connectivity index (χ0v) is 11.8. The van der Waals surface area contributed by atoms with Gasteiger partial charge in [-0.3, -0.25) is 0 Å². The summed E-state index contributed by atoms with van der Waals surface area (Å²) in [5, 5.41) is 0.651. The van der Waals surface area contributed by atoms with E-state index in [1.54, 1.807) is 0 Å². The largest absolute Gasteiger partial charge is 0.150 e. The van der Waals surface area contributed by atoms with Gasteiger partial charge in [0.2, 0.25) is 0 Å². The molecule has 0 saturated carbocycles. The number of unbranched alkanes of at least 4 members (excludes halogenated alkanes) is 2. The van der Waals surface area contributed by atoms with Gasteiger partial charge in [-0.15, -0.1) is 11.8 Å². The number of thioether (sulfide) groups is 2. The number of rotatable bonds is 8. The van der Waals surface area contributed by atoms with E-state index in [1.807, 2.05) is 11.8 Å². The van der Waals surface area contributed by atoms with Crippen LogP contribution in [0.2, 0.25) is 0 Å². The summed E-state index contributed by atoms with van der Waals surface area (Å²) in [7, 11) is 0. The molecule has 17 heavy (non-hydrogen) atoms. The molecule has 0 heterocycles. The van der Waals surface area contributed by atoms with Gasteiger partial charge in [0.25, 0.3) is 0 Å². The van der Waals surface area contributed by atoms with Crippen molar-refractivity contribution >= 4 is 23.5 Å². The normalized spacial score (nSPS) is 18.2. The first-order valence-electron chi connectivity index (χ1n) is 6.41. The SMILES string of the molecule is C1=CC(SCCCCCSC2=CCC=C2)C=C1. The lowest BCUT2D eigenvalue weighted by Gasteiger charge is -2.05.